The molecule has 0 aromatic carbocycles. The molecule has 0 amide bonds. The van der Waals surface area contributed by atoms with Gasteiger partial charge in [-0.05, 0) is 94.8 Å². The maximum Gasteiger partial charge on any atom is 0.311 e. The highest BCUT2D eigenvalue weighted by Gasteiger charge is 2.61. The molecule has 0 aromatic rings. The molecule has 4 aliphatic rings. The third-order valence-corrected chi connectivity index (χ3v) is 9.26. The molecule has 152 valence electrons. The lowest BCUT2D eigenvalue weighted by Gasteiger charge is -2.60. The zero-order valence-corrected chi connectivity index (χ0v) is 18.0. The summed E-state index contributed by atoms with van der Waals surface area (Å²) in [5, 5.41) is 0. The van der Waals surface area contributed by atoms with Crippen molar-refractivity contribution in [3.05, 3.63) is 0 Å². The SMILES string of the molecule is CC(C)(C)C(=O)OC1CCC2C3CCC4CC(=O)CCC4(C)C3CCC12C. The molecule has 0 aliphatic heterocycles. The molecule has 0 bridgehead atoms. The Morgan fingerprint density at radius 3 is 2.37 bits per heavy atom. The monoisotopic (exact) mass is 374 g/mol. The van der Waals surface area contributed by atoms with Crippen LogP contribution in [0.15, 0.2) is 0 Å². The summed E-state index contributed by atoms with van der Waals surface area (Å²) in [7, 11) is 0. The molecule has 3 heteroatoms. The summed E-state index contributed by atoms with van der Waals surface area (Å²) in [5.41, 5.74) is 0.0832. The van der Waals surface area contributed by atoms with Crippen molar-refractivity contribution < 1.29 is 14.3 Å². The second-order valence-electron chi connectivity index (χ2n) is 11.7. The Morgan fingerprint density at radius 2 is 1.67 bits per heavy atom. The summed E-state index contributed by atoms with van der Waals surface area (Å²) in [5.74, 6) is 3.27. The zero-order chi connectivity index (χ0) is 19.6. The summed E-state index contributed by atoms with van der Waals surface area (Å²) in [4.78, 5) is 24.6. The van der Waals surface area contributed by atoms with Crippen molar-refractivity contribution in [2.75, 3.05) is 0 Å². The van der Waals surface area contributed by atoms with Crippen LogP contribution in [0.3, 0.4) is 0 Å². The fraction of sp³-hybridized carbons (Fsp3) is 0.917. The first kappa shape index (κ1) is 19.5. The first-order valence-corrected chi connectivity index (χ1v) is 11.3. The highest BCUT2D eigenvalue weighted by Crippen LogP contribution is 2.66. The van der Waals surface area contributed by atoms with Crippen LogP contribution in [0.2, 0.25) is 0 Å². The minimum atomic E-state index is -0.425. The number of hydrogen-bond acceptors (Lipinski definition) is 3. The molecule has 0 aromatic heterocycles. The van der Waals surface area contributed by atoms with Gasteiger partial charge in [0, 0.05) is 18.3 Å². The quantitative estimate of drug-likeness (QED) is 0.565. The van der Waals surface area contributed by atoms with Gasteiger partial charge < -0.3 is 4.74 Å². The van der Waals surface area contributed by atoms with Crippen LogP contribution in [-0.2, 0) is 14.3 Å². The minimum absolute atomic E-state index is 0.0436. The third kappa shape index (κ3) is 2.99. The van der Waals surface area contributed by atoms with E-state index in [-0.39, 0.29) is 17.5 Å². The lowest BCUT2D eigenvalue weighted by Crippen LogP contribution is -2.54. The fourth-order valence-corrected chi connectivity index (χ4v) is 7.50. The van der Waals surface area contributed by atoms with Gasteiger partial charge in [-0.1, -0.05) is 13.8 Å². The molecular weight excluding hydrogens is 336 g/mol. The Bertz CT molecular complexity index is 632. The minimum Gasteiger partial charge on any atom is -0.461 e. The molecule has 4 fully saturated rings. The molecule has 0 spiro atoms. The van der Waals surface area contributed by atoms with Gasteiger partial charge in [0.05, 0.1) is 5.41 Å². The first-order valence-electron chi connectivity index (χ1n) is 11.3. The van der Waals surface area contributed by atoms with Crippen LogP contribution in [0.1, 0.15) is 92.4 Å². The molecule has 0 radical (unpaired) electrons. The average Bonchev–Trinajstić information content (AvgIpc) is 2.91. The van der Waals surface area contributed by atoms with Gasteiger partial charge in [-0.25, -0.2) is 0 Å². The number of esters is 1. The third-order valence-electron chi connectivity index (χ3n) is 9.26. The smallest absolute Gasteiger partial charge is 0.311 e. The molecule has 27 heavy (non-hydrogen) atoms. The van der Waals surface area contributed by atoms with E-state index in [1.165, 1.54) is 32.1 Å². The van der Waals surface area contributed by atoms with Crippen LogP contribution >= 0.6 is 0 Å². The number of carbonyl (C=O) groups excluding carboxylic acids is 2. The number of Topliss-reactive ketones (excluding diaryl/α,β-unsaturated/α-hetero) is 1. The van der Waals surface area contributed by atoms with Gasteiger partial charge in [0.1, 0.15) is 11.9 Å². The van der Waals surface area contributed by atoms with E-state index in [0.29, 0.717) is 23.0 Å². The molecule has 0 heterocycles. The van der Waals surface area contributed by atoms with E-state index in [0.717, 1.165) is 37.5 Å². The standard InChI is InChI=1S/C24H38O3/c1-22(2,3)21(26)27-20-9-8-18-17-7-6-15-14-16(25)10-12-23(15,4)19(17)11-13-24(18,20)5/h15,17-20H,6-14H2,1-5H3. The van der Waals surface area contributed by atoms with E-state index in [2.05, 4.69) is 13.8 Å². The lowest BCUT2D eigenvalue weighted by molar-refractivity contribution is -0.172. The van der Waals surface area contributed by atoms with Gasteiger partial charge in [-0.3, -0.25) is 9.59 Å². The first-order chi connectivity index (χ1) is 12.6. The number of carbonyl (C=O) groups is 2. The van der Waals surface area contributed by atoms with Gasteiger partial charge in [-0.15, -0.1) is 0 Å². The van der Waals surface area contributed by atoms with Crippen LogP contribution in [0, 0.1) is 39.9 Å². The van der Waals surface area contributed by atoms with Gasteiger partial charge >= 0.3 is 5.97 Å². The summed E-state index contributed by atoms with van der Waals surface area (Å²) in [6.07, 6.45) is 9.99. The van der Waals surface area contributed by atoms with Crippen molar-refractivity contribution in [2.24, 2.45) is 39.9 Å². The summed E-state index contributed by atoms with van der Waals surface area (Å²) < 4.78 is 6.09. The summed E-state index contributed by atoms with van der Waals surface area (Å²) in [6.45, 7) is 10.8. The predicted molar refractivity (Wildman–Crippen MR) is 106 cm³/mol. The lowest BCUT2D eigenvalue weighted by atomic mass is 9.45. The molecule has 3 nitrogen and oxygen atoms in total. The Labute approximate surface area is 165 Å². The van der Waals surface area contributed by atoms with Crippen molar-refractivity contribution in [1.82, 2.24) is 0 Å². The summed E-state index contributed by atoms with van der Waals surface area (Å²) >= 11 is 0. The van der Waals surface area contributed by atoms with E-state index in [1.807, 2.05) is 20.8 Å². The average molecular weight is 375 g/mol. The second kappa shape index (κ2) is 6.32. The molecule has 7 atom stereocenters. The highest BCUT2D eigenvalue weighted by molar-refractivity contribution is 5.79. The largest absolute Gasteiger partial charge is 0.461 e. The molecular formula is C24H38O3. The topological polar surface area (TPSA) is 43.4 Å². The van der Waals surface area contributed by atoms with Crippen molar-refractivity contribution in [2.45, 2.75) is 98.5 Å². The molecule has 0 saturated heterocycles. The number of ether oxygens (including phenoxy) is 1. The molecule has 4 rings (SSSR count). The van der Waals surface area contributed by atoms with Crippen molar-refractivity contribution in [3.63, 3.8) is 0 Å². The van der Waals surface area contributed by atoms with Gasteiger partial charge in [0.25, 0.3) is 0 Å². The van der Waals surface area contributed by atoms with Crippen molar-refractivity contribution in [3.8, 4) is 0 Å². The van der Waals surface area contributed by atoms with Crippen LogP contribution in [0.25, 0.3) is 0 Å². The Morgan fingerprint density at radius 1 is 0.963 bits per heavy atom. The molecule has 4 aliphatic carbocycles. The van der Waals surface area contributed by atoms with Crippen LogP contribution in [0.4, 0.5) is 0 Å². The number of hydrogen-bond donors (Lipinski definition) is 0. The molecule has 7 unspecified atom stereocenters. The Kier molecular flexibility index (Phi) is 4.56. The highest BCUT2D eigenvalue weighted by atomic mass is 16.5. The van der Waals surface area contributed by atoms with Crippen LogP contribution < -0.4 is 0 Å². The predicted octanol–water partition coefficient (Wildman–Crippen LogP) is 5.56. The fourth-order valence-electron chi connectivity index (χ4n) is 7.50. The van der Waals surface area contributed by atoms with Gasteiger partial charge in [0.2, 0.25) is 0 Å². The van der Waals surface area contributed by atoms with E-state index >= 15 is 0 Å². The second-order valence-corrected chi connectivity index (χ2v) is 11.7. The van der Waals surface area contributed by atoms with E-state index < -0.39 is 5.41 Å². The Hall–Kier alpha value is -0.860. The maximum absolute atomic E-state index is 12.5. The van der Waals surface area contributed by atoms with E-state index in [1.54, 1.807) is 0 Å². The molecule has 0 N–H and O–H groups in total. The Balaban J connectivity index is 1.54. The normalized spacial score (nSPS) is 47.0. The molecule has 4 saturated carbocycles. The van der Waals surface area contributed by atoms with Gasteiger partial charge in [-0.2, -0.15) is 0 Å². The zero-order valence-electron chi connectivity index (χ0n) is 18.0. The van der Waals surface area contributed by atoms with E-state index in [4.69, 9.17) is 4.74 Å². The number of ketones is 1. The van der Waals surface area contributed by atoms with Gasteiger partial charge in [0.15, 0.2) is 0 Å². The van der Waals surface area contributed by atoms with Crippen molar-refractivity contribution >= 4 is 11.8 Å². The van der Waals surface area contributed by atoms with E-state index in [9.17, 15) is 9.59 Å². The number of fused-ring (bicyclic) bond motifs is 5. The van der Waals surface area contributed by atoms with Crippen LogP contribution in [-0.4, -0.2) is 17.9 Å². The number of rotatable bonds is 1. The maximum atomic E-state index is 12.5. The van der Waals surface area contributed by atoms with Crippen molar-refractivity contribution in [1.29, 1.82) is 0 Å². The van der Waals surface area contributed by atoms with Crippen LogP contribution in [0.5, 0.6) is 0 Å². The summed E-state index contributed by atoms with van der Waals surface area (Å²) in [6, 6.07) is 0.